The van der Waals surface area contributed by atoms with Crippen molar-refractivity contribution in [2.45, 2.75) is 13.1 Å². The van der Waals surface area contributed by atoms with Crippen molar-refractivity contribution in [3.63, 3.8) is 0 Å². The molecule has 0 aliphatic carbocycles. The summed E-state index contributed by atoms with van der Waals surface area (Å²) in [5, 5.41) is 4.75. The third-order valence-electron chi connectivity index (χ3n) is 4.57. The molecule has 0 saturated heterocycles. The van der Waals surface area contributed by atoms with Gasteiger partial charge in [0.25, 0.3) is 11.8 Å². The highest BCUT2D eigenvalue weighted by Crippen LogP contribution is 2.14. The molecule has 2 aromatic heterocycles. The molecule has 6 nitrogen and oxygen atoms in total. The average molecular weight is 404 g/mol. The van der Waals surface area contributed by atoms with Crippen LogP contribution in [0.4, 0.5) is 0 Å². The predicted octanol–water partition coefficient (Wildman–Crippen LogP) is 3.83. The van der Waals surface area contributed by atoms with Crippen LogP contribution in [-0.2, 0) is 13.1 Å². The molecular weight excluding hydrogens is 384 g/mol. The second kappa shape index (κ2) is 8.28. The van der Waals surface area contributed by atoms with Crippen LogP contribution in [0, 0.1) is 0 Å². The van der Waals surface area contributed by atoms with E-state index in [-0.39, 0.29) is 11.8 Å². The number of nitrogens with one attached hydrogen (secondary N) is 2. The molecule has 0 bridgehead atoms. The maximum Gasteiger partial charge on any atom is 0.261 e. The van der Waals surface area contributed by atoms with Crippen LogP contribution < -0.4 is 5.32 Å². The van der Waals surface area contributed by atoms with Gasteiger partial charge in [-0.15, -0.1) is 11.3 Å². The number of thiophene rings is 1. The van der Waals surface area contributed by atoms with Gasteiger partial charge in [0.1, 0.15) is 5.82 Å². The molecule has 0 radical (unpaired) electrons. The van der Waals surface area contributed by atoms with Crippen molar-refractivity contribution < 1.29 is 9.59 Å². The summed E-state index contributed by atoms with van der Waals surface area (Å²) in [4.78, 5) is 34.8. The van der Waals surface area contributed by atoms with E-state index < -0.39 is 0 Å². The first-order chi connectivity index (χ1) is 14.1. The van der Waals surface area contributed by atoms with Crippen molar-refractivity contribution >= 4 is 34.2 Å². The summed E-state index contributed by atoms with van der Waals surface area (Å²) < 4.78 is 0. The van der Waals surface area contributed by atoms with Crippen LogP contribution in [0.3, 0.4) is 0 Å². The van der Waals surface area contributed by atoms with Crippen LogP contribution in [-0.4, -0.2) is 33.7 Å². The minimum absolute atomic E-state index is 0.0837. The maximum absolute atomic E-state index is 12.7. The number of aromatic amines is 1. The third-order valence-corrected chi connectivity index (χ3v) is 5.44. The van der Waals surface area contributed by atoms with Gasteiger partial charge in [-0.2, -0.15) is 0 Å². The number of imidazole rings is 1. The first-order valence-corrected chi connectivity index (χ1v) is 10.1. The number of nitrogens with zero attached hydrogens (tertiary/aromatic N) is 2. The Morgan fingerprint density at radius 3 is 2.59 bits per heavy atom. The van der Waals surface area contributed by atoms with E-state index in [1.54, 1.807) is 30.1 Å². The summed E-state index contributed by atoms with van der Waals surface area (Å²) in [5.41, 5.74) is 3.37. The highest BCUT2D eigenvalue weighted by Gasteiger charge is 2.14. The lowest BCUT2D eigenvalue weighted by Gasteiger charge is -2.16. The van der Waals surface area contributed by atoms with E-state index in [1.165, 1.54) is 11.3 Å². The molecule has 2 heterocycles. The standard InChI is InChI=1S/C22H20N4O2S/c1-26(14-20-24-17-5-2-3-6-18(17)25-20)22(28)16-10-8-15(9-11-16)13-23-21(27)19-7-4-12-29-19/h2-12H,13-14H2,1H3,(H,23,27)(H,24,25). The normalized spacial score (nSPS) is 10.8. The number of fused-ring (bicyclic) bond motifs is 1. The van der Waals surface area contributed by atoms with Crippen molar-refractivity contribution in [3.8, 4) is 0 Å². The van der Waals surface area contributed by atoms with E-state index in [2.05, 4.69) is 15.3 Å². The summed E-state index contributed by atoms with van der Waals surface area (Å²) in [6, 6.07) is 18.7. The topological polar surface area (TPSA) is 78.1 Å². The number of hydrogen-bond acceptors (Lipinski definition) is 4. The van der Waals surface area contributed by atoms with Crippen molar-refractivity contribution in [1.29, 1.82) is 0 Å². The smallest absolute Gasteiger partial charge is 0.261 e. The van der Waals surface area contributed by atoms with Gasteiger partial charge in [-0.3, -0.25) is 9.59 Å². The van der Waals surface area contributed by atoms with Crippen LogP contribution in [0.1, 0.15) is 31.4 Å². The molecule has 0 aliphatic heterocycles. The van der Waals surface area contributed by atoms with Crippen LogP contribution in [0.15, 0.2) is 66.0 Å². The zero-order valence-corrected chi connectivity index (χ0v) is 16.7. The number of aromatic nitrogens is 2. The van der Waals surface area contributed by atoms with Crippen LogP contribution in [0.2, 0.25) is 0 Å². The van der Waals surface area contributed by atoms with Crippen LogP contribution in [0.5, 0.6) is 0 Å². The number of amides is 2. The molecule has 2 aromatic carbocycles. The Balaban J connectivity index is 1.36. The molecule has 0 spiro atoms. The molecule has 4 aromatic rings. The predicted molar refractivity (Wildman–Crippen MR) is 114 cm³/mol. The molecule has 7 heteroatoms. The highest BCUT2D eigenvalue weighted by atomic mass is 32.1. The van der Waals surface area contributed by atoms with E-state index in [1.807, 2.05) is 47.8 Å². The number of para-hydroxylation sites is 2. The summed E-state index contributed by atoms with van der Waals surface area (Å²) in [6.45, 7) is 0.812. The molecule has 0 unspecified atom stereocenters. The van der Waals surface area contributed by atoms with Gasteiger partial charge in [0.15, 0.2) is 0 Å². The number of carbonyl (C=O) groups is 2. The number of benzene rings is 2. The highest BCUT2D eigenvalue weighted by molar-refractivity contribution is 7.12. The van der Waals surface area contributed by atoms with E-state index in [0.717, 1.165) is 22.4 Å². The average Bonchev–Trinajstić information content (AvgIpc) is 3.41. The van der Waals surface area contributed by atoms with Gasteiger partial charge in [0.05, 0.1) is 22.5 Å². The molecule has 146 valence electrons. The maximum atomic E-state index is 12.7. The number of hydrogen-bond donors (Lipinski definition) is 2. The van der Waals surface area contributed by atoms with Gasteiger partial charge >= 0.3 is 0 Å². The molecule has 4 rings (SSSR count). The number of H-pyrrole nitrogens is 1. The number of rotatable bonds is 6. The largest absolute Gasteiger partial charge is 0.347 e. The zero-order valence-electron chi connectivity index (χ0n) is 15.9. The van der Waals surface area contributed by atoms with Crippen molar-refractivity contribution in [2.24, 2.45) is 0 Å². The Morgan fingerprint density at radius 1 is 1.07 bits per heavy atom. The van der Waals surface area contributed by atoms with Gasteiger partial charge < -0.3 is 15.2 Å². The van der Waals surface area contributed by atoms with Gasteiger partial charge in [-0.05, 0) is 41.3 Å². The Kier molecular flexibility index (Phi) is 5.39. The zero-order chi connectivity index (χ0) is 20.2. The first-order valence-electron chi connectivity index (χ1n) is 9.20. The van der Waals surface area contributed by atoms with Gasteiger partial charge in [-0.25, -0.2) is 4.98 Å². The molecule has 0 atom stereocenters. The molecule has 2 amide bonds. The van der Waals surface area contributed by atoms with Gasteiger partial charge in [0.2, 0.25) is 0 Å². The van der Waals surface area contributed by atoms with Crippen molar-refractivity contribution in [2.75, 3.05) is 7.05 Å². The van der Waals surface area contributed by atoms with Gasteiger partial charge in [0, 0.05) is 19.2 Å². The van der Waals surface area contributed by atoms with E-state index in [9.17, 15) is 9.59 Å². The van der Waals surface area contributed by atoms with E-state index in [4.69, 9.17) is 0 Å². The summed E-state index contributed by atoms with van der Waals surface area (Å²) >= 11 is 1.41. The SMILES string of the molecule is CN(Cc1nc2ccccc2[nH]1)C(=O)c1ccc(CNC(=O)c2cccs2)cc1. The van der Waals surface area contributed by atoms with Crippen LogP contribution >= 0.6 is 11.3 Å². The summed E-state index contributed by atoms with van der Waals surface area (Å²) in [7, 11) is 1.75. The molecule has 0 saturated carbocycles. The third kappa shape index (κ3) is 4.35. The van der Waals surface area contributed by atoms with E-state index in [0.29, 0.717) is 23.5 Å². The second-order valence-electron chi connectivity index (χ2n) is 6.72. The molecule has 0 fully saturated rings. The summed E-state index contributed by atoms with van der Waals surface area (Å²) in [5.74, 6) is 0.570. The monoisotopic (exact) mass is 404 g/mol. The Bertz CT molecular complexity index is 1100. The first kappa shape index (κ1) is 18.9. The number of carbonyl (C=O) groups excluding carboxylic acids is 2. The lowest BCUT2D eigenvalue weighted by Crippen LogP contribution is -2.26. The lowest BCUT2D eigenvalue weighted by atomic mass is 10.1. The van der Waals surface area contributed by atoms with Crippen molar-refractivity contribution in [3.05, 3.63) is 87.9 Å². The quantitative estimate of drug-likeness (QED) is 0.513. The second-order valence-corrected chi connectivity index (χ2v) is 7.67. The fraction of sp³-hybridized carbons (Fsp3) is 0.136. The van der Waals surface area contributed by atoms with Crippen molar-refractivity contribution in [1.82, 2.24) is 20.2 Å². The Labute approximate surface area is 172 Å². The molecular formula is C22H20N4O2S. The molecule has 2 N–H and O–H groups in total. The Hall–Kier alpha value is -3.45. The fourth-order valence-electron chi connectivity index (χ4n) is 3.04. The van der Waals surface area contributed by atoms with E-state index >= 15 is 0 Å². The van der Waals surface area contributed by atoms with Crippen LogP contribution in [0.25, 0.3) is 11.0 Å². The van der Waals surface area contributed by atoms with Gasteiger partial charge in [-0.1, -0.05) is 30.3 Å². The Morgan fingerprint density at radius 2 is 1.86 bits per heavy atom. The molecule has 0 aliphatic rings. The minimum atomic E-state index is -0.0919. The minimum Gasteiger partial charge on any atom is -0.347 e. The fourth-order valence-corrected chi connectivity index (χ4v) is 3.68. The lowest BCUT2D eigenvalue weighted by molar-refractivity contribution is 0.0781. The summed E-state index contributed by atoms with van der Waals surface area (Å²) in [6.07, 6.45) is 0. The molecule has 29 heavy (non-hydrogen) atoms.